The zero-order chi connectivity index (χ0) is 21.7. The first kappa shape index (κ1) is 22.7. The number of nitrogens with two attached hydrogens (primary N) is 1. The molecule has 164 valence electrons. The lowest BCUT2D eigenvalue weighted by molar-refractivity contribution is 0.0402. The Morgan fingerprint density at radius 2 is 2.00 bits per heavy atom. The second-order valence-corrected chi connectivity index (χ2v) is 7.92. The molecule has 0 bridgehead atoms. The SMILES string of the molecule is COCC[C@H]1OCc2c(-c3c(O)cc(Cl)cc3F)nnc(N)c21.OC1CCCCC1. The molecule has 9 heteroatoms. The molecule has 0 unspecified atom stereocenters. The van der Waals surface area contributed by atoms with Crippen LogP contribution in [-0.2, 0) is 16.1 Å². The van der Waals surface area contributed by atoms with Crippen molar-refractivity contribution in [2.75, 3.05) is 19.5 Å². The second-order valence-electron chi connectivity index (χ2n) is 7.48. The van der Waals surface area contributed by atoms with Gasteiger partial charge in [-0.15, -0.1) is 10.2 Å². The number of hydrogen-bond donors (Lipinski definition) is 3. The molecule has 2 aliphatic rings. The number of methoxy groups -OCH3 is 1. The number of aromatic hydroxyl groups is 1. The number of anilines is 1. The third-order valence-electron chi connectivity index (χ3n) is 5.33. The lowest BCUT2D eigenvalue weighted by Gasteiger charge is -2.14. The third kappa shape index (κ3) is 5.18. The van der Waals surface area contributed by atoms with Crippen LogP contribution in [0.2, 0.25) is 5.02 Å². The molecule has 1 aromatic carbocycles. The van der Waals surface area contributed by atoms with Crippen LogP contribution >= 0.6 is 11.6 Å². The van der Waals surface area contributed by atoms with E-state index in [-0.39, 0.29) is 46.7 Å². The van der Waals surface area contributed by atoms with E-state index in [1.165, 1.54) is 25.3 Å². The smallest absolute Gasteiger partial charge is 0.152 e. The number of aliphatic hydroxyl groups is 1. The van der Waals surface area contributed by atoms with Gasteiger partial charge in [-0.3, -0.25) is 0 Å². The minimum Gasteiger partial charge on any atom is -0.507 e. The number of nitrogen functional groups attached to an aromatic ring is 1. The molecule has 1 aromatic heterocycles. The molecule has 2 heterocycles. The quantitative estimate of drug-likeness (QED) is 0.656. The Bertz CT molecular complexity index is 855. The molecular weight excluding hydrogens is 413 g/mol. The molecule has 1 saturated carbocycles. The number of ether oxygens (including phenoxy) is 2. The van der Waals surface area contributed by atoms with Gasteiger partial charge in [-0.05, 0) is 25.0 Å². The second kappa shape index (κ2) is 10.3. The van der Waals surface area contributed by atoms with Gasteiger partial charge in [0.25, 0.3) is 0 Å². The lowest BCUT2D eigenvalue weighted by Crippen LogP contribution is -2.09. The summed E-state index contributed by atoms with van der Waals surface area (Å²) in [5.74, 6) is -0.760. The van der Waals surface area contributed by atoms with Gasteiger partial charge in [0.15, 0.2) is 5.82 Å². The molecule has 1 aliphatic carbocycles. The predicted molar refractivity (Wildman–Crippen MR) is 112 cm³/mol. The Morgan fingerprint density at radius 1 is 1.27 bits per heavy atom. The average molecular weight is 440 g/mol. The van der Waals surface area contributed by atoms with E-state index in [1.54, 1.807) is 7.11 Å². The monoisotopic (exact) mass is 439 g/mol. The van der Waals surface area contributed by atoms with Gasteiger partial charge in [0.1, 0.15) is 17.3 Å². The van der Waals surface area contributed by atoms with Crippen LogP contribution in [0, 0.1) is 5.82 Å². The van der Waals surface area contributed by atoms with Crippen molar-refractivity contribution in [2.45, 2.75) is 57.3 Å². The summed E-state index contributed by atoms with van der Waals surface area (Å²) in [4.78, 5) is 0. The van der Waals surface area contributed by atoms with Crippen LogP contribution in [0.15, 0.2) is 12.1 Å². The van der Waals surface area contributed by atoms with E-state index >= 15 is 0 Å². The van der Waals surface area contributed by atoms with Crippen LogP contribution in [0.3, 0.4) is 0 Å². The zero-order valence-corrected chi connectivity index (χ0v) is 17.7. The summed E-state index contributed by atoms with van der Waals surface area (Å²) in [6.07, 6.45) is 6.22. The maximum Gasteiger partial charge on any atom is 0.152 e. The number of nitrogens with zero attached hydrogens (tertiary/aromatic N) is 2. The molecule has 0 radical (unpaired) electrons. The lowest BCUT2D eigenvalue weighted by atomic mass is 9.98. The summed E-state index contributed by atoms with van der Waals surface area (Å²) in [5, 5.41) is 26.9. The fraction of sp³-hybridized carbons (Fsp3) is 0.524. The van der Waals surface area contributed by atoms with Crippen LogP contribution in [-0.4, -0.2) is 40.2 Å². The Hall–Kier alpha value is -2.00. The molecular formula is C21H27ClFN3O4. The number of hydrogen-bond acceptors (Lipinski definition) is 7. The van der Waals surface area contributed by atoms with Gasteiger partial charge in [0.2, 0.25) is 0 Å². The highest BCUT2D eigenvalue weighted by atomic mass is 35.5. The summed E-state index contributed by atoms with van der Waals surface area (Å²) >= 11 is 5.74. The van der Waals surface area contributed by atoms with Crippen LogP contribution in [0.1, 0.15) is 55.8 Å². The molecule has 0 saturated heterocycles. The van der Waals surface area contributed by atoms with Crippen LogP contribution in [0.4, 0.5) is 10.2 Å². The van der Waals surface area contributed by atoms with E-state index in [0.717, 1.165) is 18.9 Å². The van der Waals surface area contributed by atoms with Crippen molar-refractivity contribution in [3.63, 3.8) is 0 Å². The van der Waals surface area contributed by atoms with E-state index in [1.807, 2.05) is 0 Å². The Labute approximate surface area is 180 Å². The number of aromatic nitrogens is 2. The summed E-state index contributed by atoms with van der Waals surface area (Å²) in [5.41, 5.74) is 7.35. The molecule has 7 nitrogen and oxygen atoms in total. The zero-order valence-electron chi connectivity index (χ0n) is 16.9. The molecule has 4 rings (SSSR count). The van der Waals surface area contributed by atoms with E-state index < -0.39 is 5.82 Å². The largest absolute Gasteiger partial charge is 0.507 e. The van der Waals surface area contributed by atoms with Crippen molar-refractivity contribution in [3.05, 3.63) is 34.1 Å². The van der Waals surface area contributed by atoms with E-state index in [4.69, 9.17) is 31.9 Å². The predicted octanol–water partition coefficient (Wildman–Crippen LogP) is 4.14. The third-order valence-corrected chi connectivity index (χ3v) is 5.54. The van der Waals surface area contributed by atoms with Gasteiger partial charge in [0.05, 0.1) is 24.4 Å². The molecule has 1 fully saturated rings. The topological polar surface area (TPSA) is 111 Å². The summed E-state index contributed by atoms with van der Waals surface area (Å²) in [7, 11) is 1.59. The van der Waals surface area contributed by atoms with Gasteiger partial charge in [-0.2, -0.15) is 0 Å². The number of benzene rings is 1. The Morgan fingerprint density at radius 3 is 2.60 bits per heavy atom. The Balaban J connectivity index is 0.000000310. The first-order valence-corrected chi connectivity index (χ1v) is 10.4. The first-order chi connectivity index (χ1) is 14.4. The molecule has 1 atom stereocenters. The van der Waals surface area contributed by atoms with E-state index in [2.05, 4.69) is 10.2 Å². The minimum absolute atomic E-state index is 0.0359. The van der Waals surface area contributed by atoms with Gasteiger partial charge in [-0.25, -0.2) is 4.39 Å². The summed E-state index contributed by atoms with van der Waals surface area (Å²) in [6, 6.07) is 2.36. The normalized spacial score (nSPS) is 18.6. The number of phenols is 1. The first-order valence-electron chi connectivity index (χ1n) is 10.0. The highest BCUT2D eigenvalue weighted by molar-refractivity contribution is 6.30. The number of fused-ring (bicyclic) bond motifs is 1. The fourth-order valence-electron chi connectivity index (χ4n) is 3.80. The number of halogens is 2. The molecule has 1 aliphatic heterocycles. The molecule has 0 spiro atoms. The standard InChI is InChI=1S/C15H15ClFN3O3.C6H12O/c1-22-3-2-11-12-8(6-23-11)14(19-20-15(12)18)13-9(17)4-7(16)5-10(13)21;7-6-4-2-1-3-5-6/h4-5,11,21H,2-3,6H2,1H3,(H2,18,20);6-7H,1-5H2/t11-;/m1./s1. The molecule has 2 aromatic rings. The van der Waals surface area contributed by atoms with Gasteiger partial charge >= 0.3 is 0 Å². The highest BCUT2D eigenvalue weighted by Gasteiger charge is 2.31. The highest BCUT2D eigenvalue weighted by Crippen LogP contribution is 2.43. The van der Waals surface area contributed by atoms with Crippen molar-refractivity contribution in [1.29, 1.82) is 0 Å². The minimum atomic E-state index is -0.684. The van der Waals surface area contributed by atoms with Crippen LogP contribution in [0.25, 0.3) is 11.3 Å². The average Bonchev–Trinajstić information content (AvgIpc) is 3.13. The number of aliphatic hydroxyl groups excluding tert-OH is 1. The summed E-state index contributed by atoms with van der Waals surface area (Å²) in [6.45, 7) is 0.696. The van der Waals surface area contributed by atoms with Gasteiger partial charge < -0.3 is 25.4 Å². The molecule has 0 amide bonds. The van der Waals surface area contributed by atoms with Crippen LogP contribution < -0.4 is 5.73 Å². The van der Waals surface area contributed by atoms with Crippen molar-refractivity contribution in [1.82, 2.24) is 10.2 Å². The molecule has 30 heavy (non-hydrogen) atoms. The van der Waals surface area contributed by atoms with Crippen molar-refractivity contribution < 1.29 is 24.1 Å². The Kier molecular flexibility index (Phi) is 7.82. The summed E-state index contributed by atoms with van der Waals surface area (Å²) < 4.78 is 25.0. The van der Waals surface area contributed by atoms with Crippen molar-refractivity contribution in [3.8, 4) is 17.0 Å². The van der Waals surface area contributed by atoms with E-state index in [9.17, 15) is 9.50 Å². The molecule has 4 N–H and O–H groups in total. The van der Waals surface area contributed by atoms with E-state index in [0.29, 0.717) is 24.2 Å². The fourth-order valence-corrected chi connectivity index (χ4v) is 4.00. The maximum absolute atomic E-state index is 14.3. The van der Waals surface area contributed by atoms with Gasteiger partial charge in [0, 0.05) is 36.3 Å². The van der Waals surface area contributed by atoms with Crippen molar-refractivity contribution in [2.24, 2.45) is 0 Å². The maximum atomic E-state index is 14.3. The van der Waals surface area contributed by atoms with Crippen molar-refractivity contribution >= 4 is 17.4 Å². The van der Waals surface area contributed by atoms with Crippen LogP contribution in [0.5, 0.6) is 5.75 Å². The number of rotatable bonds is 4. The van der Waals surface area contributed by atoms with Gasteiger partial charge in [-0.1, -0.05) is 30.9 Å². The number of phenolic OH excluding ortho intramolecular Hbond substituents is 1.